The number of sulfone groups is 1. The molecule has 9 atom stereocenters. The zero-order valence-corrected chi connectivity index (χ0v) is 34.9. The van der Waals surface area contributed by atoms with Gasteiger partial charge in [-0.2, -0.15) is 0 Å². The number of carboxylic acid groups (broad SMARTS) is 1. The summed E-state index contributed by atoms with van der Waals surface area (Å²) in [6, 6.07) is 0. The first-order valence-electron chi connectivity index (χ1n) is 20.9. The summed E-state index contributed by atoms with van der Waals surface area (Å²) in [5.74, 6) is 2.88. The van der Waals surface area contributed by atoms with Crippen LogP contribution < -0.4 is 5.32 Å². The van der Waals surface area contributed by atoms with Crippen LogP contribution in [-0.4, -0.2) is 91.5 Å². The van der Waals surface area contributed by atoms with Crippen LogP contribution in [0.4, 0.5) is 0 Å². The largest absolute Gasteiger partial charge is 0.481 e. The molecule has 6 rings (SSSR count). The van der Waals surface area contributed by atoms with Crippen LogP contribution in [0.2, 0.25) is 0 Å². The van der Waals surface area contributed by atoms with Gasteiger partial charge in [0.25, 0.3) is 0 Å². The molecule has 52 heavy (non-hydrogen) atoms. The Kier molecular flexibility index (Phi) is 10.8. The van der Waals surface area contributed by atoms with Gasteiger partial charge in [-0.1, -0.05) is 46.8 Å². The number of carboxylic acids is 1. The average molecular weight is 744 g/mol. The van der Waals surface area contributed by atoms with Crippen molar-refractivity contribution in [3.63, 3.8) is 0 Å². The second-order valence-electron chi connectivity index (χ2n) is 20.9. The number of hydrogen-bond acceptors (Lipinski definition) is 6. The molecule has 9 heteroatoms. The maximum absolute atomic E-state index is 13.9. The lowest BCUT2D eigenvalue weighted by atomic mass is 9.33. The maximum Gasteiger partial charge on any atom is 0.303 e. The fourth-order valence-electron chi connectivity index (χ4n) is 14.5. The van der Waals surface area contributed by atoms with Crippen molar-refractivity contribution in [3.05, 3.63) is 12.2 Å². The van der Waals surface area contributed by atoms with E-state index in [-0.39, 0.29) is 40.5 Å². The molecule has 0 aromatic carbocycles. The Morgan fingerprint density at radius 1 is 0.865 bits per heavy atom. The SMILES string of the molecule is C=C(C)[C@@H]1CC[C@]2(CNCCCN3CCS(=O)(=O)CC3)CC[C@]3(C)[C@H](CC[C@@H]4[C@@]5(C)CCN(C(=O)CC(C)(C)CC(=O)O)C(C)(C)[C@@H]5CC[C@]43C)[C@@H]12. The van der Waals surface area contributed by atoms with Crippen molar-refractivity contribution >= 4 is 21.7 Å². The van der Waals surface area contributed by atoms with Crippen LogP contribution in [0.15, 0.2) is 12.2 Å². The number of amides is 1. The van der Waals surface area contributed by atoms with E-state index in [9.17, 15) is 23.1 Å². The molecule has 2 saturated heterocycles. The Hall–Kier alpha value is -1.45. The Morgan fingerprint density at radius 3 is 2.21 bits per heavy atom. The van der Waals surface area contributed by atoms with Crippen LogP contribution >= 0.6 is 0 Å². The number of nitrogens with one attached hydrogen (secondary N) is 1. The van der Waals surface area contributed by atoms with E-state index in [1.54, 1.807) is 0 Å². The number of rotatable bonds is 11. The van der Waals surface area contributed by atoms with E-state index in [1.807, 2.05) is 13.8 Å². The first-order chi connectivity index (χ1) is 24.1. The van der Waals surface area contributed by atoms with Crippen LogP contribution in [0.1, 0.15) is 132 Å². The van der Waals surface area contributed by atoms with E-state index in [0.29, 0.717) is 59.6 Å². The van der Waals surface area contributed by atoms with Crippen molar-refractivity contribution in [2.45, 2.75) is 138 Å². The molecule has 2 N–H and O–H groups in total. The minimum Gasteiger partial charge on any atom is -0.481 e. The molecule has 2 aliphatic heterocycles. The number of carbonyl (C=O) groups excluding carboxylic acids is 1. The van der Waals surface area contributed by atoms with Crippen molar-refractivity contribution in [1.82, 2.24) is 15.1 Å². The zero-order chi connectivity index (χ0) is 38.1. The summed E-state index contributed by atoms with van der Waals surface area (Å²) in [5, 5.41) is 13.4. The standard InChI is InChI=1S/C43H73N3O5S/c1-30(2)31-13-16-43(29-44-20-10-21-45-23-25-52(50,51)26-24-45)18-17-41(8)32(37(31)43)11-12-34-40(7)19-22-46(35(47)27-38(3,4)28-36(48)49)39(5,6)33(40)14-15-42(34,41)9/h31-34,37,44H,1,10-29H2,2-9H3,(H,48,49)/t31-,32+,33-,34+,37+,40-,41+,42+,43+/m0/s1. The topological polar surface area (TPSA) is 107 Å². The summed E-state index contributed by atoms with van der Waals surface area (Å²) in [5.41, 5.74) is 1.54. The molecule has 296 valence electrons. The highest BCUT2D eigenvalue weighted by molar-refractivity contribution is 7.91. The normalized spacial score (nSPS) is 41.3. The van der Waals surface area contributed by atoms with Crippen LogP contribution in [-0.2, 0) is 19.4 Å². The van der Waals surface area contributed by atoms with Gasteiger partial charge in [-0.3, -0.25) is 9.59 Å². The Balaban J connectivity index is 1.17. The molecule has 0 unspecified atom stereocenters. The number of hydrogen-bond donors (Lipinski definition) is 2. The minimum absolute atomic E-state index is 0.00745. The number of fused-ring (bicyclic) bond motifs is 7. The van der Waals surface area contributed by atoms with E-state index >= 15 is 0 Å². The van der Waals surface area contributed by atoms with Gasteiger partial charge in [-0.25, -0.2) is 8.42 Å². The van der Waals surface area contributed by atoms with Gasteiger partial charge in [0.1, 0.15) is 0 Å². The Labute approximate surface area is 316 Å². The molecule has 4 aliphatic carbocycles. The molecule has 6 fully saturated rings. The minimum atomic E-state index is -2.84. The fourth-order valence-corrected chi connectivity index (χ4v) is 15.7. The fraction of sp³-hybridized carbons (Fsp3) is 0.907. The van der Waals surface area contributed by atoms with E-state index < -0.39 is 21.2 Å². The summed E-state index contributed by atoms with van der Waals surface area (Å²) in [6.45, 7) is 28.5. The zero-order valence-electron chi connectivity index (χ0n) is 34.1. The second-order valence-corrected chi connectivity index (χ2v) is 23.2. The first-order valence-corrected chi connectivity index (χ1v) is 22.7. The summed E-state index contributed by atoms with van der Waals surface area (Å²) in [6.07, 6.45) is 12.4. The molecular formula is C43H73N3O5S. The van der Waals surface area contributed by atoms with Gasteiger partial charge in [0.05, 0.1) is 17.9 Å². The summed E-state index contributed by atoms with van der Waals surface area (Å²) < 4.78 is 23.8. The highest BCUT2D eigenvalue weighted by Crippen LogP contribution is 2.76. The van der Waals surface area contributed by atoms with Gasteiger partial charge in [0.15, 0.2) is 9.84 Å². The molecule has 1 amide bonds. The van der Waals surface area contributed by atoms with Gasteiger partial charge < -0.3 is 20.2 Å². The number of allylic oxidation sites excluding steroid dienone is 1. The molecular weight excluding hydrogens is 671 g/mol. The van der Waals surface area contributed by atoms with E-state index in [0.717, 1.165) is 45.4 Å². The maximum atomic E-state index is 13.9. The Bertz CT molecular complexity index is 1500. The third kappa shape index (κ3) is 6.85. The molecule has 0 spiro atoms. The summed E-state index contributed by atoms with van der Waals surface area (Å²) in [4.78, 5) is 29.9. The number of nitrogens with zero attached hydrogens (tertiary/aromatic N) is 2. The number of aliphatic carboxylic acids is 1. The van der Waals surface area contributed by atoms with E-state index in [2.05, 4.69) is 63.2 Å². The average Bonchev–Trinajstić information content (AvgIpc) is 3.41. The molecule has 4 saturated carbocycles. The number of likely N-dealkylation sites (tertiary alicyclic amines) is 1. The van der Waals surface area contributed by atoms with Crippen LogP contribution in [0, 0.1) is 56.7 Å². The van der Waals surface area contributed by atoms with Crippen molar-refractivity contribution in [1.29, 1.82) is 0 Å². The predicted octanol–water partition coefficient (Wildman–Crippen LogP) is 7.44. The highest BCUT2D eigenvalue weighted by atomic mass is 32.2. The van der Waals surface area contributed by atoms with Crippen LogP contribution in [0.5, 0.6) is 0 Å². The lowest BCUT2D eigenvalue weighted by molar-refractivity contribution is -0.241. The van der Waals surface area contributed by atoms with Crippen molar-refractivity contribution in [2.75, 3.05) is 50.8 Å². The predicted molar refractivity (Wildman–Crippen MR) is 210 cm³/mol. The number of carbonyl (C=O) groups is 2. The van der Waals surface area contributed by atoms with Crippen LogP contribution in [0.3, 0.4) is 0 Å². The molecule has 0 aromatic heterocycles. The molecule has 0 aromatic rings. The molecule has 6 aliphatic rings. The lowest BCUT2D eigenvalue weighted by Gasteiger charge is -2.73. The molecule has 2 heterocycles. The third-order valence-electron chi connectivity index (χ3n) is 17.2. The van der Waals surface area contributed by atoms with Crippen LogP contribution in [0.25, 0.3) is 0 Å². The van der Waals surface area contributed by atoms with E-state index in [4.69, 9.17) is 0 Å². The van der Waals surface area contributed by atoms with Gasteiger partial charge >= 0.3 is 5.97 Å². The number of piperidine rings is 1. The molecule has 0 bridgehead atoms. The molecule has 0 radical (unpaired) electrons. The highest BCUT2D eigenvalue weighted by Gasteiger charge is 2.71. The summed E-state index contributed by atoms with van der Waals surface area (Å²) >= 11 is 0. The third-order valence-corrected chi connectivity index (χ3v) is 18.8. The molecule has 8 nitrogen and oxygen atoms in total. The smallest absolute Gasteiger partial charge is 0.303 e. The van der Waals surface area contributed by atoms with Crippen molar-refractivity contribution in [3.8, 4) is 0 Å². The Morgan fingerprint density at radius 2 is 1.56 bits per heavy atom. The van der Waals surface area contributed by atoms with Gasteiger partial charge in [-0.05, 0) is 155 Å². The van der Waals surface area contributed by atoms with Gasteiger partial charge in [0.2, 0.25) is 5.91 Å². The monoisotopic (exact) mass is 744 g/mol. The van der Waals surface area contributed by atoms with Crippen molar-refractivity contribution in [2.24, 2.45) is 56.7 Å². The quantitative estimate of drug-likeness (QED) is 0.168. The van der Waals surface area contributed by atoms with Gasteiger partial charge in [-0.15, -0.1) is 0 Å². The second kappa shape index (κ2) is 13.9. The lowest BCUT2D eigenvalue weighted by Crippen LogP contribution is -2.70. The summed E-state index contributed by atoms with van der Waals surface area (Å²) in [7, 11) is -2.84. The first kappa shape index (κ1) is 40.2. The van der Waals surface area contributed by atoms with Crippen molar-refractivity contribution < 1.29 is 23.1 Å². The van der Waals surface area contributed by atoms with E-state index in [1.165, 1.54) is 50.5 Å². The van der Waals surface area contributed by atoms with Gasteiger partial charge in [0, 0.05) is 38.1 Å².